The molecule has 4 nitrogen and oxygen atoms in total. The lowest BCUT2D eigenvalue weighted by molar-refractivity contribution is 0.152. The Labute approximate surface area is 107 Å². The predicted octanol–water partition coefficient (Wildman–Crippen LogP) is 2.25. The van der Waals surface area contributed by atoms with E-state index in [9.17, 15) is 8.42 Å². The van der Waals surface area contributed by atoms with Crippen LogP contribution in [0.1, 0.15) is 18.4 Å². The van der Waals surface area contributed by atoms with Crippen molar-refractivity contribution in [3.63, 3.8) is 0 Å². The summed E-state index contributed by atoms with van der Waals surface area (Å²) >= 11 is 0. The zero-order valence-electron chi connectivity index (χ0n) is 10.2. The Morgan fingerprint density at radius 1 is 1.33 bits per heavy atom. The summed E-state index contributed by atoms with van der Waals surface area (Å²) in [7, 11) is -3.66. The summed E-state index contributed by atoms with van der Waals surface area (Å²) in [5.74, 6) is 0.260. The van der Waals surface area contributed by atoms with Crippen molar-refractivity contribution in [3.05, 3.63) is 29.8 Å². The molecule has 0 aromatic heterocycles. The molecule has 0 bridgehead atoms. The van der Waals surface area contributed by atoms with Crippen molar-refractivity contribution in [3.8, 4) is 6.07 Å². The molecule has 1 aliphatic carbocycles. The van der Waals surface area contributed by atoms with Crippen LogP contribution in [0.2, 0.25) is 0 Å². The largest absolute Gasteiger partial charge is 0.296 e. The maximum Gasteiger partial charge on any atom is 0.296 e. The Hall–Kier alpha value is -1.38. The van der Waals surface area contributed by atoms with E-state index in [0.29, 0.717) is 0 Å². The summed E-state index contributed by atoms with van der Waals surface area (Å²) < 4.78 is 28.7. The van der Waals surface area contributed by atoms with Crippen molar-refractivity contribution < 1.29 is 12.6 Å². The first-order valence-electron chi connectivity index (χ1n) is 5.87. The molecule has 5 heteroatoms. The molecule has 96 valence electrons. The first kappa shape index (κ1) is 13.1. The van der Waals surface area contributed by atoms with E-state index in [4.69, 9.17) is 9.44 Å². The van der Waals surface area contributed by atoms with E-state index in [2.05, 4.69) is 6.07 Å². The molecule has 0 saturated heterocycles. The first-order chi connectivity index (χ1) is 8.51. The molecule has 1 aromatic carbocycles. The van der Waals surface area contributed by atoms with Crippen molar-refractivity contribution >= 4 is 10.1 Å². The van der Waals surface area contributed by atoms with Gasteiger partial charge in [-0.3, -0.25) is 4.18 Å². The van der Waals surface area contributed by atoms with E-state index >= 15 is 0 Å². The molecule has 0 unspecified atom stereocenters. The number of rotatable bonds is 4. The number of nitrogens with zero attached hydrogens (tertiary/aromatic N) is 1. The predicted molar refractivity (Wildman–Crippen MR) is 66.1 cm³/mol. The molecule has 0 heterocycles. The van der Waals surface area contributed by atoms with Gasteiger partial charge in [0, 0.05) is 5.92 Å². The van der Waals surface area contributed by atoms with Crippen LogP contribution in [0, 0.1) is 30.1 Å². The lowest BCUT2D eigenvalue weighted by atomic mass is 9.76. The minimum atomic E-state index is -3.66. The van der Waals surface area contributed by atoms with Crippen molar-refractivity contribution in [1.82, 2.24) is 0 Å². The molecule has 1 aliphatic rings. The van der Waals surface area contributed by atoms with Gasteiger partial charge in [0.15, 0.2) is 0 Å². The van der Waals surface area contributed by atoms with E-state index in [-0.39, 0.29) is 23.3 Å². The zero-order chi connectivity index (χ0) is 13.2. The first-order valence-corrected chi connectivity index (χ1v) is 7.28. The average Bonchev–Trinajstić information content (AvgIpc) is 2.28. The van der Waals surface area contributed by atoms with Gasteiger partial charge in [0.25, 0.3) is 10.1 Å². The summed E-state index contributed by atoms with van der Waals surface area (Å²) in [6.45, 7) is 2.07. The third-order valence-electron chi connectivity index (χ3n) is 3.19. The SMILES string of the molecule is Cc1ccc(S(=O)(=O)OCC2CC(C#N)C2)cc1. The second kappa shape index (κ2) is 5.09. The average molecular weight is 265 g/mol. The van der Waals surface area contributed by atoms with Crippen LogP contribution in [0.25, 0.3) is 0 Å². The highest BCUT2D eigenvalue weighted by molar-refractivity contribution is 7.86. The molecule has 0 radical (unpaired) electrons. The van der Waals surface area contributed by atoms with Crippen molar-refractivity contribution in [2.75, 3.05) is 6.61 Å². The molecule has 0 aliphatic heterocycles. The lowest BCUT2D eigenvalue weighted by Crippen LogP contribution is -2.27. The summed E-state index contributed by atoms with van der Waals surface area (Å²) in [4.78, 5) is 0.184. The molecular formula is C13H15NO3S. The monoisotopic (exact) mass is 265 g/mol. The summed E-state index contributed by atoms with van der Waals surface area (Å²) in [6.07, 6.45) is 1.47. The van der Waals surface area contributed by atoms with Gasteiger partial charge >= 0.3 is 0 Å². The van der Waals surface area contributed by atoms with Crippen LogP contribution in [-0.4, -0.2) is 15.0 Å². The van der Waals surface area contributed by atoms with E-state index in [1.807, 2.05) is 6.92 Å². The Morgan fingerprint density at radius 2 is 1.94 bits per heavy atom. The molecule has 0 amide bonds. The van der Waals surface area contributed by atoms with Gasteiger partial charge in [-0.15, -0.1) is 0 Å². The zero-order valence-corrected chi connectivity index (χ0v) is 11.0. The van der Waals surface area contributed by atoms with Crippen molar-refractivity contribution in [2.45, 2.75) is 24.7 Å². The van der Waals surface area contributed by atoms with Crippen LogP contribution in [0.4, 0.5) is 0 Å². The fourth-order valence-electron chi connectivity index (χ4n) is 1.94. The maximum absolute atomic E-state index is 11.9. The fourth-order valence-corrected chi connectivity index (χ4v) is 2.91. The molecule has 1 fully saturated rings. The third kappa shape index (κ3) is 2.89. The highest BCUT2D eigenvalue weighted by Gasteiger charge is 2.30. The van der Waals surface area contributed by atoms with Crippen molar-refractivity contribution in [2.24, 2.45) is 11.8 Å². The number of hydrogen-bond donors (Lipinski definition) is 0. The number of hydrogen-bond acceptors (Lipinski definition) is 4. The molecule has 0 atom stereocenters. The van der Waals surface area contributed by atoms with Crippen molar-refractivity contribution in [1.29, 1.82) is 5.26 Å². The van der Waals surface area contributed by atoms with Crippen LogP contribution in [0.5, 0.6) is 0 Å². The third-order valence-corrected chi connectivity index (χ3v) is 4.48. The summed E-state index contributed by atoms with van der Waals surface area (Å²) in [6, 6.07) is 8.73. The standard InChI is InChI=1S/C13H15NO3S/c1-10-2-4-13(5-3-10)18(15,16)17-9-12-6-11(7-12)8-14/h2-5,11-12H,6-7,9H2,1H3. The van der Waals surface area contributed by atoms with Crippen LogP contribution < -0.4 is 0 Å². The Balaban J connectivity index is 1.92. The van der Waals surface area contributed by atoms with Crippen LogP contribution in [0.3, 0.4) is 0 Å². The number of benzene rings is 1. The van der Waals surface area contributed by atoms with Gasteiger partial charge in [0.2, 0.25) is 0 Å². The van der Waals surface area contributed by atoms with E-state index in [0.717, 1.165) is 18.4 Å². The lowest BCUT2D eigenvalue weighted by Gasteiger charge is -2.29. The van der Waals surface area contributed by atoms with Crippen LogP contribution in [0.15, 0.2) is 29.2 Å². The molecule has 0 N–H and O–H groups in total. The van der Waals surface area contributed by atoms with E-state index in [1.165, 1.54) is 0 Å². The summed E-state index contributed by atoms with van der Waals surface area (Å²) in [5.41, 5.74) is 1.00. The maximum atomic E-state index is 11.9. The Kier molecular flexibility index (Phi) is 3.69. The van der Waals surface area contributed by atoms with Gasteiger partial charge in [-0.25, -0.2) is 0 Å². The van der Waals surface area contributed by atoms with Crippen LogP contribution >= 0.6 is 0 Å². The smallest absolute Gasteiger partial charge is 0.266 e. The molecular weight excluding hydrogens is 250 g/mol. The molecule has 2 rings (SSSR count). The molecule has 1 aromatic rings. The Bertz CT molecular complexity index is 551. The number of aryl methyl sites for hydroxylation is 1. The quantitative estimate of drug-likeness (QED) is 0.783. The second-order valence-corrected chi connectivity index (χ2v) is 6.33. The van der Waals surface area contributed by atoms with E-state index in [1.54, 1.807) is 24.3 Å². The van der Waals surface area contributed by atoms with Gasteiger partial charge in [-0.05, 0) is 37.8 Å². The topological polar surface area (TPSA) is 67.2 Å². The molecule has 0 spiro atoms. The minimum absolute atomic E-state index is 0.0701. The summed E-state index contributed by atoms with van der Waals surface area (Å²) in [5, 5.41) is 8.63. The number of nitriles is 1. The van der Waals surface area contributed by atoms with Gasteiger partial charge < -0.3 is 0 Å². The normalized spacial score (nSPS) is 23.1. The van der Waals surface area contributed by atoms with Gasteiger partial charge in [-0.1, -0.05) is 17.7 Å². The van der Waals surface area contributed by atoms with Crippen LogP contribution in [-0.2, 0) is 14.3 Å². The van der Waals surface area contributed by atoms with E-state index < -0.39 is 10.1 Å². The second-order valence-electron chi connectivity index (χ2n) is 4.72. The Morgan fingerprint density at radius 3 is 2.50 bits per heavy atom. The highest BCUT2D eigenvalue weighted by atomic mass is 32.2. The minimum Gasteiger partial charge on any atom is -0.266 e. The van der Waals surface area contributed by atoms with Gasteiger partial charge in [-0.2, -0.15) is 13.7 Å². The van der Waals surface area contributed by atoms with Gasteiger partial charge in [0.05, 0.1) is 17.6 Å². The van der Waals surface area contributed by atoms with Gasteiger partial charge in [0.1, 0.15) is 0 Å². The molecule has 1 saturated carbocycles. The highest BCUT2D eigenvalue weighted by Crippen LogP contribution is 2.33. The molecule has 18 heavy (non-hydrogen) atoms. The fraction of sp³-hybridized carbons (Fsp3) is 0.462.